The van der Waals surface area contributed by atoms with Crippen molar-refractivity contribution in [1.82, 2.24) is 25.9 Å². The third kappa shape index (κ3) is 2.25. The molecule has 16 heavy (non-hydrogen) atoms. The summed E-state index contributed by atoms with van der Waals surface area (Å²) in [6.07, 6.45) is 0. The Morgan fingerprint density at radius 1 is 1.44 bits per heavy atom. The minimum absolute atomic E-state index is 0.142. The van der Waals surface area contributed by atoms with E-state index in [1.54, 1.807) is 0 Å². The second-order valence-corrected chi connectivity index (χ2v) is 3.79. The Morgan fingerprint density at radius 3 is 2.94 bits per heavy atom. The van der Waals surface area contributed by atoms with E-state index in [1.165, 1.54) is 11.1 Å². The molecular weight excluding hydrogens is 202 g/mol. The smallest absolute Gasteiger partial charge is 0.183 e. The topological polar surface area (TPSA) is 66.5 Å². The zero-order chi connectivity index (χ0) is 11.4. The maximum atomic E-state index is 4.05. The summed E-state index contributed by atoms with van der Waals surface area (Å²) >= 11 is 0. The fourth-order valence-electron chi connectivity index (χ4n) is 1.77. The fraction of sp³-hybridized carbons (Fsp3) is 0.364. The summed E-state index contributed by atoms with van der Waals surface area (Å²) in [5.74, 6) is 0.864. The predicted octanol–water partition coefficient (Wildman–Crippen LogP) is 0.859. The number of rotatable bonds is 4. The largest absolute Gasteiger partial charge is 0.319 e. The monoisotopic (exact) mass is 217 g/mol. The maximum Gasteiger partial charge on any atom is 0.183 e. The van der Waals surface area contributed by atoms with Gasteiger partial charge in [0.25, 0.3) is 0 Å². The zero-order valence-electron chi connectivity index (χ0n) is 9.44. The molecule has 1 atom stereocenters. The molecule has 84 valence electrons. The highest BCUT2D eigenvalue weighted by Crippen LogP contribution is 2.20. The maximum absolute atomic E-state index is 4.05. The molecule has 0 aliphatic carbocycles. The number of hydrogen-bond acceptors (Lipinski definition) is 4. The van der Waals surface area contributed by atoms with Crippen molar-refractivity contribution in [2.45, 2.75) is 12.8 Å². The van der Waals surface area contributed by atoms with Crippen molar-refractivity contribution in [1.29, 1.82) is 0 Å². The summed E-state index contributed by atoms with van der Waals surface area (Å²) in [6, 6.07) is 8.37. The third-order valence-corrected chi connectivity index (χ3v) is 2.53. The van der Waals surface area contributed by atoms with Crippen LogP contribution in [0.1, 0.15) is 22.9 Å². The first-order valence-electron chi connectivity index (χ1n) is 5.25. The van der Waals surface area contributed by atoms with Crippen molar-refractivity contribution >= 4 is 0 Å². The van der Waals surface area contributed by atoms with Crippen LogP contribution in [-0.2, 0) is 0 Å². The Balaban J connectivity index is 2.33. The molecule has 0 aliphatic heterocycles. The number of H-pyrrole nitrogens is 1. The fourth-order valence-corrected chi connectivity index (χ4v) is 1.77. The number of likely N-dealkylation sites (N-methyl/N-ethyl adjacent to an activating group) is 1. The van der Waals surface area contributed by atoms with Gasteiger partial charge in [-0.2, -0.15) is 5.21 Å². The van der Waals surface area contributed by atoms with Crippen molar-refractivity contribution in [2.24, 2.45) is 0 Å². The van der Waals surface area contributed by atoms with Crippen LogP contribution in [0.25, 0.3) is 0 Å². The van der Waals surface area contributed by atoms with Crippen LogP contribution in [0.4, 0.5) is 0 Å². The van der Waals surface area contributed by atoms with Crippen molar-refractivity contribution in [3.63, 3.8) is 0 Å². The van der Waals surface area contributed by atoms with Crippen molar-refractivity contribution in [3.8, 4) is 0 Å². The van der Waals surface area contributed by atoms with E-state index in [2.05, 4.69) is 51.1 Å². The number of aryl methyl sites for hydroxylation is 1. The van der Waals surface area contributed by atoms with Gasteiger partial charge in [-0.3, -0.25) is 0 Å². The van der Waals surface area contributed by atoms with Crippen LogP contribution in [0.15, 0.2) is 24.3 Å². The van der Waals surface area contributed by atoms with Crippen LogP contribution in [0.5, 0.6) is 0 Å². The molecule has 0 saturated heterocycles. The van der Waals surface area contributed by atoms with Crippen LogP contribution in [-0.4, -0.2) is 34.2 Å². The standard InChI is InChI=1S/C11H15N5/c1-8-4-3-5-9(6-8)10(7-12-2)11-13-15-16-14-11/h3-6,10,12H,7H2,1-2H3,(H,13,14,15,16). The highest BCUT2D eigenvalue weighted by molar-refractivity contribution is 5.29. The Bertz CT molecular complexity index is 437. The van der Waals surface area contributed by atoms with Crippen molar-refractivity contribution < 1.29 is 0 Å². The molecule has 5 nitrogen and oxygen atoms in total. The lowest BCUT2D eigenvalue weighted by molar-refractivity contribution is 0.672. The first kappa shape index (κ1) is 10.8. The Hall–Kier alpha value is -1.75. The molecular formula is C11H15N5. The summed E-state index contributed by atoms with van der Waals surface area (Å²) in [5, 5.41) is 17.4. The van der Waals surface area contributed by atoms with Gasteiger partial charge < -0.3 is 5.32 Å². The summed E-state index contributed by atoms with van der Waals surface area (Å²) < 4.78 is 0. The van der Waals surface area contributed by atoms with Crippen molar-refractivity contribution in [2.75, 3.05) is 13.6 Å². The van der Waals surface area contributed by atoms with Crippen LogP contribution in [0.3, 0.4) is 0 Å². The minimum Gasteiger partial charge on any atom is -0.319 e. The van der Waals surface area contributed by atoms with E-state index >= 15 is 0 Å². The van der Waals surface area contributed by atoms with E-state index in [-0.39, 0.29) is 5.92 Å². The molecule has 0 spiro atoms. The Morgan fingerprint density at radius 2 is 2.31 bits per heavy atom. The van der Waals surface area contributed by atoms with Gasteiger partial charge in [-0.1, -0.05) is 35.0 Å². The average Bonchev–Trinajstić information content (AvgIpc) is 2.79. The number of tetrazole rings is 1. The molecule has 5 heteroatoms. The molecule has 0 radical (unpaired) electrons. The van der Waals surface area contributed by atoms with E-state index in [0.29, 0.717) is 0 Å². The Labute approximate surface area is 94.3 Å². The molecule has 0 bridgehead atoms. The predicted molar refractivity (Wildman–Crippen MR) is 61.1 cm³/mol. The van der Waals surface area contributed by atoms with E-state index in [9.17, 15) is 0 Å². The summed E-state index contributed by atoms with van der Waals surface area (Å²) in [4.78, 5) is 0. The lowest BCUT2D eigenvalue weighted by Gasteiger charge is -2.13. The molecule has 0 fully saturated rings. The van der Waals surface area contributed by atoms with Crippen molar-refractivity contribution in [3.05, 3.63) is 41.2 Å². The molecule has 0 aliphatic rings. The van der Waals surface area contributed by atoms with Gasteiger partial charge in [0.05, 0.1) is 5.92 Å². The van der Waals surface area contributed by atoms with Crippen LogP contribution >= 0.6 is 0 Å². The molecule has 0 amide bonds. The number of aromatic amines is 1. The molecule has 0 saturated carbocycles. The van der Waals surface area contributed by atoms with E-state index in [0.717, 1.165) is 12.4 Å². The van der Waals surface area contributed by atoms with Gasteiger partial charge in [0.15, 0.2) is 5.82 Å². The highest BCUT2D eigenvalue weighted by atomic mass is 15.5. The summed E-state index contributed by atoms with van der Waals surface area (Å²) in [7, 11) is 1.92. The summed E-state index contributed by atoms with van der Waals surface area (Å²) in [6.45, 7) is 2.87. The van der Waals surface area contributed by atoms with Gasteiger partial charge >= 0.3 is 0 Å². The average molecular weight is 217 g/mol. The van der Waals surface area contributed by atoms with E-state index in [1.807, 2.05) is 13.1 Å². The molecule has 1 heterocycles. The molecule has 2 aromatic rings. The van der Waals surface area contributed by atoms with Gasteiger partial charge in [-0.05, 0) is 19.5 Å². The molecule has 1 aromatic heterocycles. The van der Waals surface area contributed by atoms with Gasteiger partial charge in [-0.25, -0.2) is 0 Å². The minimum atomic E-state index is 0.142. The molecule has 1 aromatic carbocycles. The lowest BCUT2D eigenvalue weighted by atomic mass is 9.97. The Kier molecular flexibility index (Phi) is 3.26. The van der Waals surface area contributed by atoms with Gasteiger partial charge in [0.1, 0.15) is 0 Å². The summed E-state index contributed by atoms with van der Waals surface area (Å²) in [5.41, 5.74) is 2.44. The lowest BCUT2D eigenvalue weighted by Crippen LogP contribution is -2.19. The zero-order valence-corrected chi connectivity index (χ0v) is 9.44. The third-order valence-electron chi connectivity index (χ3n) is 2.53. The number of nitrogens with one attached hydrogen (secondary N) is 2. The first-order valence-corrected chi connectivity index (χ1v) is 5.25. The number of nitrogens with zero attached hydrogens (tertiary/aromatic N) is 3. The van der Waals surface area contributed by atoms with E-state index in [4.69, 9.17) is 0 Å². The van der Waals surface area contributed by atoms with Gasteiger partial charge in [0, 0.05) is 6.54 Å². The number of aromatic nitrogens is 4. The second-order valence-electron chi connectivity index (χ2n) is 3.79. The molecule has 2 rings (SSSR count). The highest BCUT2D eigenvalue weighted by Gasteiger charge is 2.17. The number of benzene rings is 1. The van der Waals surface area contributed by atoms with Crippen LogP contribution < -0.4 is 5.32 Å². The number of hydrogen-bond donors (Lipinski definition) is 2. The molecule has 1 unspecified atom stereocenters. The van der Waals surface area contributed by atoms with Crippen LogP contribution in [0, 0.1) is 6.92 Å². The van der Waals surface area contributed by atoms with E-state index < -0.39 is 0 Å². The normalized spacial score (nSPS) is 12.6. The first-order chi connectivity index (χ1) is 7.81. The quantitative estimate of drug-likeness (QED) is 0.797. The van der Waals surface area contributed by atoms with Gasteiger partial charge in [0.2, 0.25) is 0 Å². The molecule has 2 N–H and O–H groups in total. The van der Waals surface area contributed by atoms with Gasteiger partial charge in [-0.15, -0.1) is 10.2 Å². The second kappa shape index (κ2) is 4.85. The SMILES string of the molecule is CNCC(c1cccc(C)c1)c1nn[nH]n1. The van der Waals surface area contributed by atoms with Crippen LogP contribution in [0.2, 0.25) is 0 Å².